The third-order valence-electron chi connectivity index (χ3n) is 4.74. The van der Waals surface area contributed by atoms with E-state index in [2.05, 4.69) is 35.0 Å². The minimum absolute atomic E-state index is 0.0776. The van der Waals surface area contributed by atoms with E-state index < -0.39 is 0 Å². The van der Waals surface area contributed by atoms with Crippen LogP contribution < -0.4 is 0 Å². The van der Waals surface area contributed by atoms with Gasteiger partial charge in [-0.2, -0.15) is 10.2 Å². The van der Waals surface area contributed by atoms with Gasteiger partial charge in [-0.05, 0) is 11.6 Å². The van der Waals surface area contributed by atoms with Crippen molar-refractivity contribution in [3.05, 3.63) is 30.1 Å². The number of rotatable bonds is 6. The van der Waals surface area contributed by atoms with Crippen LogP contribution in [-0.2, 0) is 4.79 Å². The SMILES string of the molecule is C#CCCC1(CCC(=O)N2CC(C)(C)[C@H]2c2cccnc2)N=N1. The second-order valence-electron chi connectivity index (χ2n) is 7.09. The first-order chi connectivity index (χ1) is 11.0. The van der Waals surface area contributed by atoms with Crippen molar-refractivity contribution in [3.63, 3.8) is 0 Å². The highest BCUT2D eigenvalue weighted by Gasteiger charge is 2.49. The first-order valence-electron chi connectivity index (χ1n) is 8.04. The molecule has 1 fully saturated rings. The van der Waals surface area contributed by atoms with E-state index in [1.807, 2.05) is 23.2 Å². The zero-order valence-corrected chi connectivity index (χ0v) is 13.7. The Labute approximate surface area is 137 Å². The van der Waals surface area contributed by atoms with Gasteiger partial charge < -0.3 is 4.90 Å². The van der Waals surface area contributed by atoms with Gasteiger partial charge in [0.15, 0.2) is 5.66 Å². The number of nitrogens with zero attached hydrogens (tertiary/aromatic N) is 4. The molecule has 1 aromatic heterocycles. The van der Waals surface area contributed by atoms with Crippen LogP contribution in [0.25, 0.3) is 0 Å². The van der Waals surface area contributed by atoms with Crippen LogP contribution in [0, 0.1) is 17.8 Å². The van der Waals surface area contributed by atoms with Crippen LogP contribution in [0.15, 0.2) is 34.8 Å². The van der Waals surface area contributed by atoms with Crippen LogP contribution >= 0.6 is 0 Å². The first-order valence-corrected chi connectivity index (χ1v) is 8.04. The number of hydrogen-bond acceptors (Lipinski definition) is 4. The predicted octanol–water partition coefficient (Wildman–Crippen LogP) is 3.35. The molecule has 0 aromatic carbocycles. The Morgan fingerprint density at radius 1 is 1.43 bits per heavy atom. The van der Waals surface area contributed by atoms with E-state index in [1.54, 1.807) is 6.20 Å². The number of terminal acetylenes is 1. The Kier molecular flexibility index (Phi) is 3.93. The Hall–Kier alpha value is -2.22. The van der Waals surface area contributed by atoms with Gasteiger partial charge in [0.2, 0.25) is 5.91 Å². The van der Waals surface area contributed by atoms with Crippen molar-refractivity contribution >= 4 is 5.91 Å². The van der Waals surface area contributed by atoms with Crippen molar-refractivity contribution in [1.82, 2.24) is 9.88 Å². The second-order valence-corrected chi connectivity index (χ2v) is 7.09. The topological polar surface area (TPSA) is 57.9 Å². The smallest absolute Gasteiger partial charge is 0.223 e. The van der Waals surface area contributed by atoms with Crippen LogP contribution in [0.2, 0.25) is 0 Å². The molecule has 0 radical (unpaired) electrons. The van der Waals surface area contributed by atoms with Crippen molar-refractivity contribution in [2.24, 2.45) is 15.6 Å². The summed E-state index contributed by atoms with van der Waals surface area (Å²) in [5, 5.41) is 8.20. The Balaban J connectivity index is 1.61. The fourth-order valence-corrected chi connectivity index (χ4v) is 3.45. The Morgan fingerprint density at radius 3 is 2.78 bits per heavy atom. The highest BCUT2D eigenvalue weighted by Crippen LogP contribution is 2.48. The molecule has 5 nitrogen and oxygen atoms in total. The van der Waals surface area contributed by atoms with Gasteiger partial charge >= 0.3 is 0 Å². The average molecular weight is 310 g/mol. The van der Waals surface area contributed by atoms with Crippen molar-refractivity contribution < 1.29 is 4.79 Å². The molecule has 1 saturated heterocycles. The summed E-state index contributed by atoms with van der Waals surface area (Å²) in [6, 6.07) is 4.06. The minimum atomic E-state index is -0.383. The molecule has 3 rings (SSSR count). The number of pyridine rings is 1. The van der Waals surface area contributed by atoms with Gasteiger partial charge in [-0.3, -0.25) is 9.78 Å². The van der Waals surface area contributed by atoms with Gasteiger partial charge in [0.05, 0.1) is 6.04 Å². The number of likely N-dealkylation sites (tertiary alicyclic amines) is 1. The Morgan fingerprint density at radius 2 is 2.22 bits per heavy atom. The monoisotopic (exact) mass is 310 g/mol. The first kappa shape index (κ1) is 15.7. The van der Waals surface area contributed by atoms with E-state index >= 15 is 0 Å². The van der Waals surface area contributed by atoms with Crippen molar-refractivity contribution in [3.8, 4) is 12.3 Å². The summed E-state index contributed by atoms with van der Waals surface area (Å²) in [6.45, 7) is 5.15. The van der Waals surface area contributed by atoms with E-state index in [4.69, 9.17) is 6.42 Å². The van der Waals surface area contributed by atoms with Crippen LogP contribution in [0.5, 0.6) is 0 Å². The van der Waals surface area contributed by atoms with E-state index in [1.165, 1.54) is 0 Å². The highest BCUT2D eigenvalue weighted by atomic mass is 16.2. The van der Waals surface area contributed by atoms with Crippen molar-refractivity contribution in [1.29, 1.82) is 0 Å². The molecule has 3 heterocycles. The summed E-state index contributed by atoms with van der Waals surface area (Å²) in [6.07, 6.45) is 11.4. The molecule has 0 bridgehead atoms. The second kappa shape index (κ2) is 5.77. The lowest BCUT2D eigenvalue weighted by atomic mass is 9.71. The maximum Gasteiger partial charge on any atom is 0.223 e. The van der Waals surface area contributed by atoms with Crippen LogP contribution in [0.4, 0.5) is 0 Å². The molecule has 120 valence electrons. The fraction of sp³-hybridized carbons (Fsp3) is 0.556. The summed E-state index contributed by atoms with van der Waals surface area (Å²) in [7, 11) is 0. The molecule has 0 aliphatic carbocycles. The third kappa shape index (κ3) is 3.12. The summed E-state index contributed by atoms with van der Waals surface area (Å²) >= 11 is 0. The van der Waals surface area contributed by atoms with E-state index in [-0.39, 0.29) is 23.0 Å². The molecular weight excluding hydrogens is 288 g/mol. The van der Waals surface area contributed by atoms with Crippen molar-refractivity contribution in [2.45, 2.75) is 51.2 Å². The van der Waals surface area contributed by atoms with Crippen LogP contribution in [0.3, 0.4) is 0 Å². The molecule has 5 heteroatoms. The number of carbonyl (C=O) groups excluding carboxylic acids is 1. The number of hydrogen-bond donors (Lipinski definition) is 0. The molecule has 2 aliphatic heterocycles. The maximum absolute atomic E-state index is 12.6. The van der Waals surface area contributed by atoms with Gasteiger partial charge in [-0.15, -0.1) is 12.3 Å². The van der Waals surface area contributed by atoms with Crippen molar-refractivity contribution in [2.75, 3.05) is 6.54 Å². The van der Waals surface area contributed by atoms with E-state index in [9.17, 15) is 4.79 Å². The predicted molar refractivity (Wildman–Crippen MR) is 87.4 cm³/mol. The third-order valence-corrected chi connectivity index (χ3v) is 4.74. The molecule has 1 aromatic rings. The number of carbonyl (C=O) groups is 1. The molecule has 0 N–H and O–H groups in total. The van der Waals surface area contributed by atoms with Crippen LogP contribution in [0.1, 0.15) is 51.1 Å². The standard InChI is InChI=1S/C18H22N4O/c1-4-5-9-18(20-21-18)10-8-15(23)22-13-17(2,3)16(22)14-7-6-11-19-12-14/h1,6-7,11-12,16H,5,8-10,13H2,2-3H3/t16-/m1/s1. The molecular formula is C18H22N4O. The average Bonchev–Trinajstić information content (AvgIpc) is 3.30. The largest absolute Gasteiger partial charge is 0.334 e. The van der Waals surface area contributed by atoms with Gasteiger partial charge in [0, 0.05) is 50.0 Å². The highest BCUT2D eigenvalue weighted by molar-refractivity contribution is 5.78. The number of aromatic nitrogens is 1. The van der Waals surface area contributed by atoms with Gasteiger partial charge in [-0.1, -0.05) is 19.9 Å². The lowest BCUT2D eigenvalue weighted by molar-refractivity contribution is -0.152. The summed E-state index contributed by atoms with van der Waals surface area (Å²) in [4.78, 5) is 18.8. The van der Waals surface area contributed by atoms with Crippen LogP contribution in [-0.4, -0.2) is 28.0 Å². The quantitative estimate of drug-likeness (QED) is 0.757. The maximum atomic E-state index is 12.6. The molecule has 0 spiro atoms. The minimum Gasteiger partial charge on any atom is -0.334 e. The molecule has 23 heavy (non-hydrogen) atoms. The summed E-state index contributed by atoms with van der Waals surface area (Å²) in [5.41, 5.74) is 0.792. The normalized spacial score (nSPS) is 23.0. The lowest BCUT2D eigenvalue weighted by Crippen LogP contribution is -2.57. The number of amides is 1. The van der Waals surface area contributed by atoms with Gasteiger partial charge in [0.25, 0.3) is 0 Å². The van der Waals surface area contributed by atoms with Gasteiger partial charge in [-0.25, -0.2) is 0 Å². The molecule has 0 unspecified atom stereocenters. The zero-order chi connectivity index (χ0) is 16.5. The Bertz CT molecular complexity index is 653. The lowest BCUT2D eigenvalue weighted by Gasteiger charge is -2.54. The summed E-state index contributed by atoms with van der Waals surface area (Å²) < 4.78 is 0. The molecule has 1 atom stereocenters. The zero-order valence-electron chi connectivity index (χ0n) is 13.7. The van der Waals surface area contributed by atoms with Gasteiger partial charge in [0.1, 0.15) is 0 Å². The van der Waals surface area contributed by atoms with E-state index in [0.29, 0.717) is 19.3 Å². The molecule has 0 saturated carbocycles. The van der Waals surface area contributed by atoms with E-state index in [0.717, 1.165) is 18.5 Å². The summed E-state index contributed by atoms with van der Waals surface area (Å²) in [5.74, 6) is 2.78. The molecule has 2 aliphatic rings. The molecule has 1 amide bonds. The fourth-order valence-electron chi connectivity index (χ4n) is 3.45.